The van der Waals surface area contributed by atoms with E-state index < -0.39 is 24.5 Å². The van der Waals surface area contributed by atoms with Crippen molar-refractivity contribution in [3.63, 3.8) is 0 Å². The van der Waals surface area contributed by atoms with Crippen molar-refractivity contribution in [2.24, 2.45) is 0 Å². The van der Waals surface area contributed by atoms with Crippen LogP contribution in [0.1, 0.15) is 22.8 Å². The molecule has 0 bridgehead atoms. The van der Waals surface area contributed by atoms with Crippen LogP contribution in [0.25, 0.3) is 0 Å². The molecule has 2 N–H and O–H groups in total. The summed E-state index contributed by atoms with van der Waals surface area (Å²) in [6.45, 7) is 1.85. The summed E-state index contributed by atoms with van der Waals surface area (Å²) < 4.78 is 15.9. The van der Waals surface area contributed by atoms with Crippen molar-refractivity contribution >= 4 is 17.9 Å². The van der Waals surface area contributed by atoms with E-state index in [-0.39, 0.29) is 5.56 Å². The number of imide groups is 1. The van der Waals surface area contributed by atoms with Crippen molar-refractivity contribution in [2.45, 2.75) is 13.5 Å². The first-order chi connectivity index (χ1) is 13.5. The van der Waals surface area contributed by atoms with E-state index in [1.807, 2.05) is 35.6 Å². The molecule has 2 aromatic rings. The summed E-state index contributed by atoms with van der Waals surface area (Å²) in [5, 5.41) is 4.44. The number of methoxy groups -OCH3 is 1. The largest absolute Gasteiger partial charge is 0.493 e. The van der Waals surface area contributed by atoms with Gasteiger partial charge in [-0.2, -0.15) is 0 Å². The van der Waals surface area contributed by atoms with E-state index in [0.717, 1.165) is 5.56 Å². The third-order valence-corrected chi connectivity index (χ3v) is 3.56. The molecular weight excluding hydrogens is 364 g/mol. The predicted octanol–water partition coefficient (Wildman–Crippen LogP) is 2.28. The van der Waals surface area contributed by atoms with Crippen molar-refractivity contribution in [1.82, 2.24) is 10.6 Å². The highest BCUT2D eigenvalue weighted by Crippen LogP contribution is 2.29. The second-order valence-corrected chi connectivity index (χ2v) is 5.62. The fraction of sp³-hybridized carbons (Fsp3) is 0.250. The molecule has 0 aliphatic rings. The van der Waals surface area contributed by atoms with Crippen LogP contribution in [-0.4, -0.2) is 38.2 Å². The van der Waals surface area contributed by atoms with Crippen LogP contribution in [0, 0.1) is 0 Å². The van der Waals surface area contributed by atoms with Gasteiger partial charge in [0.25, 0.3) is 5.91 Å². The van der Waals surface area contributed by atoms with E-state index in [0.29, 0.717) is 24.7 Å². The van der Waals surface area contributed by atoms with Gasteiger partial charge in [0.1, 0.15) is 6.61 Å². The molecule has 0 saturated carbocycles. The average Bonchev–Trinajstić information content (AvgIpc) is 2.71. The Morgan fingerprint density at radius 2 is 1.75 bits per heavy atom. The molecule has 0 radical (unpaired) electrons. The van der Waals surface area contributed by atoms with Crippen LogP contribution in [0.15, 0.2) is 48.5 Å². The van der Waals surface area contributed by atoms with Crippen LogP contribution in [0.3, 0.4) is 0 Å². The summed E-state index contributed by atoms with van der Waals surface area (Å²) in [6.07, 6.45) is 0. The predicted molar refractivity (Wildman–Crippen MR) is 101 cm³/mol. The molecule has 8 heteroatoms. The third kappa shape index (κ3) is 6.31. The number of esters is 1. The van der Waals surface area contributed by atoms with Crippen molar-refractivity contribution in [2.75, 3.05) is 20.3 Å². The van der Waals surface area contributed by atoms with Gasteiger partial charge in [0.05, 0.1) is 12.7 Å². The molecule has 0 aliphatic carbocycles. The smallest absolute Gasteiger partial charge is 0.338 e. The third-order valence-electron chi connectivity index (χ3n) is 3.56. The normalized spacial score (nSPS) is 9.93. The number of rotatable bonds is 8. The fourth-order valence-corrected chi connectivity index (χ4v) is 2.23. The Hall–Kier alpha value is -3.55. The SMILES string of the molecule is CCNC(=O)NC(=O)COC(=O)c1ccc(OCc2ccccc2)c(OC)c1. The van der Waals surface area contributed by atoms with Gasteiger partial charge >= 0.3 is 12.0 Å². The Balaban J connectivity index is 1.93. The number of urea groups is 1. The first kappa shape index (κ1) is 20.8. The summed E-state index contributed by atoms with van der Waals surface area (Å²) >= 11 is 0. The Morgan fingerprint density at radius 1 is 1.00 bits per heavy atom. The summed E-state index contributed by atoms with van der Waals surface area (Å²) in [5.74, 6) is -0.623. The molecule has 0 spiro atoms. The van der Waals surface area contributed by atoms with E-state index in [1.165, 1.54) is 19.2 Å². The van der Waals surface area contributed by atoms with Crippen molar-refractivity contribution < 1.29 is 28.6 Å². The van der Waals surface area contributed by atoms with Gasteiger partial charge in [-0.15, -0.1) is 0 Å². The molecule has 0 unspecified atom stereocenters. The first-order valence-electron chi connectivity index (χ1n) is 8.63. The highest BCUT2D eigenvalue weighted by atomic mass is 16.5. The first-order valence-corrected chi connectivity index (χ1v) is 8.63. The van der Waals surface area contributed by atoms with E-state index >= 15 is 0 Å². The maximum absolute atomic E-state index is 12.1. The number of carbonyl (C=O) groups is 3. The summed E-state index contributed by atoms with van der Waals surface area (Å²) in [4.78, 5) is 34.9. The fourth-order valence-electron chi connectivity index (χ4n) is 2.23. The van der Waals surface area contributed by atoms with Gasteiger partial charge in [0.2, 0.25) is 0 Å². The Morgan fingerprint density at radius 3 is 2.43 bits per heavy atom. The Kier molecular flexibility index (Phi) is 7.83. The number of carbonyl (C=O) groups excluding carboxylic acids is 3. The number of hydrogen-bond donors (Lipinski definition) is 2. The van der Waals surface area contributed by atoms with Gasteiger partial charge < -0.3 is 19.5 Å². The lowest BCUT2D eigenvalue weighted by molar-refractivity contribution is -0.123. The van der Waals surface area contributed by atoms with Gasteiger partial charge in [-0.3, -0.25) is 10.1 Å². The zero-order valence-electron chi connectivity index (χ0n) is 15.7. The molecule has 148 valence electrons. The van der Waals surface area contributed by atoms with E-state index in [2.05, 4.69) is 5.32 Å². The van der Waals surface area contributed by atoms with Crippen molar-refractivity contribution in [3.05, 3.63) is 59.7 Å². The van der Waals surface area contributed by atoms with Crippen LogP contribution in [0.2, 0.25) is 0 Å². The topological polar surface area (TPSA) is 103 Å². The van der Waals surface area contributed by atoms with Gasteiger partial charge in [0, 0.05) is 6.54 Å². The van der Waals surface area contributed by atoms with Crippen LogP contribution < -0.4 is 20.1 Å². The van der Waals surface area contributed by atoms with Gasteiger partial charge in [-0.1, -0.05) is 30.3 Å². The second-order valence-electron chi connectivity index (χ2n) is 5.62. The molecule has 0 aromatic heterocycles. The second kappa shape index (κ2) is 10.6. The number of ether oxygens (including phenoxy) is 3. The number of hydrogen-bond acceptors (Lipinski definition) is 6. The van der Waals surface area contributed by atoms with E-state index in [1.54, 1.807) is 13.0 Å². The monoisotopic (exact) mass is 386 g/mol. The zero-order valence-corrected chi connectivity index (χ0v) is 15.7. The molecule has 28 heavy (non-hydrogen) atoms. The lowest BCUT2D eigenvalue weighted by Gasteiger charge is -2.12. The minimum Gasteiger partial charge on any atom is -0.493 e. The average molecular weight is 386 g/mol. The summed E-state index contributed by atoms with van der Waals surface area (Å²) in [6, 6.07) is 13.5. The molecule has 0 fully saturated rings. The maximum Gasteiger partial charge on any atom is 0.338 e. The zero-order chi connectivity index (χ0) is 20.4. The van der Waals surface area contributed by atoms with Crippen molar-refractivity contribution in [3.8, 4) is 11.5 Å². The number of nitrogens with one attached hydrogen (secondary N) is 2. The van der Waals surface area contributed by atoms with E-state index in [9.17, 15) is 14.4 Å². The standard InChI is InChI=1S/C20H22N2O6/c1-3-21-20(25)22-18(23)13-28-19(24)15-9-10-16(17(11-15)26-2)27-12-14-7-5-4-6-8-14/h4-11H,3,12-13H2,1-2H3,(H2,21,22,23,25). The van der Waals surface area contributed by atoms with Gasteiger partial charge in [-0.25, -0.2) is 9.59 Å². The van der Waals surface area contributed by atoms with Gasteiger partial charge in [0.15, 0.2) is 18.1 Å². The summed E-state index contributed by atoms with van der Waals surface area (Å²) in [5.41, 5.74) is 1.18. The quantitative estimate of drug-likeness (QED) is 0.675. The molecule has 8 nitrogen and oxygen atoms in total. The minimum atomic E-state index is -0.728. The molecule has 0 heterocycles. The Bertz CT molecular complexity index is 823. The minimum absolute atomic E-state index is 0.190. The molecule has 0 atom stereocenters. The van der Waals surface area contributed by atoms with Crippen LogP contribution in [0.4, 0.5) is 4.79 Å². The molecule has 0 saturated heterocycles. The maximum atomic E-state index is 12.1. The highest BCUT2D eigenvalue weighted by molar-refractivity contribution is 5.97. The lowest BCUT2D eigenvalue weighted by atomic mass is 10.2. The highest BCUT2D eigenvalue weighted by Gasteiger charge is 2.15. The van der Waals surface area contributed by atoms with Gasteiger partial charge in [-0.05, 0) is 30.7 Å². The molecule has 2 rings (SSSR count). The number of benzene rings is 2. The lowest BCUT2D eigenvalue weighted by Crippen LogP contribution is -2.41. The van der Waals surface area contributed by atoms with Crippen molar-refractivity contribution in [1.29, 1.82) is 0 Å². The van der Waals surface area contributed by atoms with Crippen LogP contribution in [-0.2, 0) is 16.1 Å². The molecule has 0 aliphatic heterocycles. The number of amides is 3. The Labute approximate surface area is 162 Å². The molecule has 3 amide bonds. The molecular formula is C20H22N2O6. The van der Waals surface area contributed by atoms with Crippen LogP contribution in [0.5, 0.6) is 11.5 Å². The van der Waals surface area contributed by atoms with E-state index in [4.69, 9.17) is 14.2 Å². The van der Waals surface area contributed by atoms with Crippen LogP contribution >= 0.6 is 0 Å². The molecule has 2 aromatic carbocycles. The summed E-state index contributed by atoms with van der Waals surface area (Å²) in [7, 11) is 1.46.